The van der Waals surface area contributed by atoms with Crippen molar-refractivity contribution < 1.29 is 23.5 Å². The summed E-state index contributed by atoms with van der Waals surface area (Å²) in [7, 11) is 0. The lowest BCUT2D eigenvalue weighted by atomic mass is 9.86. The maximum absolute atomic E-state index is 13.8. The van der Waals surface area contributed by atoms with Crippen LogP contribution in [-0.2, 0) is 16.0 Å². The molecule has 0 saturated heterocycles. The predicted molar refractivity (Wildman–Crippen MR) is 139 cm³/mol. The van der Waals surface area contributed by atoms with Crippen molar-refractivity contribution in [2.24, 2.45) is 0 Å². The molecule has 0 unspecified atom stereocenters. The van der Waals surface area contributed by atoms with Gasteiger partial charge in [-0.1, -0.05) is 36.4 Å². The number of para-hydroxylation sites is 1. The average molecular weight is 516 g/mol. The number of amides is 2. The second-order valence-corrected chi connectivity index (χ2v) is 9.41. The fourth-order valence-corrected chi connectivity index (χ4v) is 5.01. The predicted octanol–water partition coefficient (Wildman–Crippen LogP) is 4.93. The lowest BCUT2D eigenvalue weighted by molar-refractivity contribution is -0.125. The SMILES string of the molecule is O=C(COC(=O)c1c2c(nc3ccccc13)C(=Cc1cccs1)CCC2)NNC(=O)c1ccccc1F. The molecular formula is C28H22FN3O4S. The van der Waals surface area contributed by atoms with Gasteiger partial charge in [0.05, 0.1) is 22.3 Å². The molecule has 0 atom stereocenters. The fourth-order valence-electron chi connectivity index (χ4n) is 4.33. The van der Waals surface area contributed by atoms with Crippen LogP contribution in [0.3, 0.4) is 0 Å². The molecule has 4 aromatic rings. The van der Waals surface area contributed by atoms with Gasteiger partial charge in [-0.3, -0.25) is 20.4 Å². The summed E-state index contributed by atoms with van der Waals surface area (Å²) in [6.07, 6.45) is 4.46. The molecule has 2 aromatic heterocycles. The Bertz CT molecular complexity index is 1530. The molecule has 0 fully saturated rings. The Morgan fingerprint density at radius 3 is 2.62 bits per heavy atom. The Kier molecular flexibility index (Phi) is 7.04. The van der Waals surface area contributed by atoms with E-state index < -0.39 is 30.2 Å². The number of rotatable bonds is 5. The van der Waals surface area contributed by atoms with Crippen molar-refractivity contribution in [3.05, 3.63) is 99.1 Å². The Labute approximate surface area is 216 Å². The molecule has 2 N–H and O–H groups in total. The van der Waals surface area contributed by atoms with E-state index in [9.17, 15) is 18.8 Å². The van der Waals surface area contributed by atoms with E-state index >= 15 is 0 Å². The van der Waals surface area contributed by atoms with Gasteiger partial charge in [0.25, 0.3) is 11.8 Å². The number of aromatic nitrogens is 1. The number of benzene rings is 2. The first-order valence-corrected chi connectivity index (χ1v) is 12.6. The molecule has 2 heterocycles. The summed E-state index contributed by atoms with van der Waals surface area (Å²) in [5.74, 6) is -2.95. The molecule has 0 spiro atoms. The number of hydrogen-bond acceptors (Lipinski definition) is 6. The number of fused-ring (bicyclic) bond motifs is 2. The molecule has 0 aliphatic heterocycles. The summed E-state index contributed by atoms with van der Waals surface area (Å²) in [4.78, 5) is 43.6. The quantitative estimate of drug-likeness (QED) is 0.290. The van der Waals surface area contributed by atoms with Gasteiger partial charge in [0.2, 0.25) is 0 Å². The zero-order valence-electron chi connectivity index (χ0n) is 19.6. The maximum atomic E-state index is 13.8. The van der Waals surface area contributed by atoms with Crippen molar-refractivity contribution in [3.63, 3.8) is 0 Å². The first-order chi connectivity index (χ1) is 18.0. The molecule has 186 valence electrons. The second-order valence-electron chi connectivity index (χ2n) is 8.43. The highest BCUT2D eigenvalue weighted by atomic mass is 32.1. The third-order valence-corrected chi connectivity index (χ3v) is 6.82. The standard InChI is InChI=1S/C28H22FN3O4S/c29-22-12-3-1-9-19(22)27(34)32-31-24(33)16-36-28(35)25-20-10-2-4-13-23(20)30-26-17(7-5-11-21(25)26)15-18-8-6-14-37-18/h1-4,6,8-10,12-15H,5,7,11,16H2,(H,31,33)(H,32,34). The van der Waals surface area contributed by atoms with Crippen molar-refractivity contribution in [1.82, 2.24) is 15.8 Å². The number of carbonyl (C=O) groups excluding carboxylic acids is 3. The van der Waals surface area contributed by atoms with Crippen LogP contribution in [0.15, 0.2) is 66.0 Å². The van der Waals surface area contributed by atoms with Crippen LogP contribution in [-0.4, -0.2) is 29.4 Å². The van der Waals surface area contributed by atoms with Gasteiger partial charge in [0, 0.05) is 10.3 Å². The van der Waals surface area contributed by atoms with Gasteiger partial charge in [-0.15, -0.1) is 11.3 Å². The van der Waals surface area contributed by atoms with E-state index in [1.165, 1.54) is 18.2 Å². The number of nitrogens with zero attached hydrogens (tertiary/aromatic N) is 1. The first kappa shape index (κ1) is 24.3. The van der Waals surface area contributed by atoms with Gasteiger partial charge in [-0.25, -0.2) is 14.2 Å². The Balaban J connectivity index is 1.35. The van der Waals surface area contributed by atoms with Crippen molar-refractivity contribution >= 4 is 51.7 Å². The van der Waals surface area contributed by atoms with E-state index in [2.05, 4.69) is 16.9 Å². The summed E-state index contributed by atoms with van der Waals surface area (Å²) in [5, 5.41) is 2.66. The summed E-state index contributed by atoms with van der Waals surface area (Å²) >= 11 is 1.63. The molecule has 9 heteroatoms. The van der Waals surface area contributed by atoms with Crippen LogP contribution in [0, 0.1) is 5.82 Å². The van der Waals surface area contributed by atoms with Gasteiger partial charge in [-0.05, 0) is 66.1 Å². The zero-order valence-corrected chi connectivity index (χ0v) is 20.4. The van der Waals surface area contributed by atoms with E-state index in [1.807, 2.05) is 41.8 Å². The fraction of sp³-hybridized carbons (Fsp3) is 0.143. The van der Waals surface area contributed by atoms with E-state index in [4.69, 9.17) is 9.72 Å². The van der Waals surface area contributed by atoms with E-state index in [-0.39, 0.29) is 5.56 Å². The van der Waals surface area contributed by atoms with Crippen LogP contribution >= 0.6 is 11.3 Å². The number of nitrogens with one attached hydrogen (secondary N) is 2. The zero-order chi connectivity index (χ0) is 25.8. The van der Waals surface area contributed by atoms with Crippen LogP contribution in [0.5, 0.6) is 0 Å². The molecule has 2 amide bonds. The van der Waals surface area contributed by atoms with Crippen LogP contribution < -0.4 is 10.9 Å². The van der Waals surface area contributed by atoms with Gasteiger partial charge < -0.3 is 4.74 Å². The number of pyridine rings is 1. The van der Waals surface area contributed by atoms with E-state index in [1.54, 1.807) is 11.3 Å². The third kappa shape index (κ3) is 5.26. The number of esters is 1. The number of carbonyl (C=O) groups is 3. The molecule has 37 heavy (non-hydrogen) atoms. The van der Waals surface area contributed by atoms with Crippen molar-refractivity contribution in [1.29, 1.82) is 0 Å². The molecule has 0 bridgehead atoms. The number of halogens is 1. The molecule has 5 rings (SSSR count). The molecule has 1 aliphatic carbocycles. The number of ether oxygens (including phenoxy) is 1. The van der Waals surface area contributed by atoms with Crippen molar-refractivity contribution in [2.75, 3.05) is 6.61 Å². The Hall–Kier alpha value is -4.37. The largest absolute Gasteiger partial charge is 0.452 e. The van der Waals surface area contributed by atoms with E-state index in [0.717, 1.165) is 40.6 Å². The minimum atomic E-state index is -0.822. The smallest absolute Gasteiger partial charge is 0.339 e. The van der Waals surface area contributed by atoms with Gasteiger partial charge >= 0.3 is 5.97 Å². The number of thiophene rings is 1. The van der Waals surface area contributed by atoms with E-state index in [0.29, 0.717) is 22.9 Å². The topological polar surface area (TPSA) is 97.4 Å². The minimum absolute atomic E-state index is 0.221. The van der Waals surface area contributed by atoms with Crippen LogP contribution in [0.1, 0.15) is 49.7 Å². The van der Waals surface area contributed by atoms with Gasteiger partial charge in [0.1, 0.15) is 5.82 Å². The number of hydrazine groups is 1. The van der Waals surface area contributed by atoms with Gasteiger partial charge in [-0.2, -0.15) is 0 Å². The number of hydrogen-bond donors (Lipinski definition) is 2. The normalized spacial score (nSPS) is 13.7. The molecule has 0 radical (unpaired) electrons. The van der Waals surface area contributed by atoms with Gasteiger partial charge in [0.15, 0.2) is 6.61 Å². The average Bonchev–Trinajstić information content (AvgIpc) is 3.43. The third-order valence-electron chi connectivity index (χ3n) is 6.00. The lowest BCUT2D eigenvalue weighted by Gasteiger charge is -2.22. The highest BCUT2D eigenvalue weighted by Crippen LogP contribution is 2.36. The number of allylic oxidation sites excluding steroid dienone is 1. The molecule has 2 aromatic carbocycles. The van der Waals surface area contributed by atoms with Crippen molar-refractivity contribution in [3.8, 4) is 0 Å². The molecule has 0 saturated carbocycles. The Morgan fingerprint density at radius 1 is 1.00 bits per heavy atom. The monoisotopic (exact) mass is 515 g/mol. The summed E-state index contributed by atoms with van der Waals surface area (Å²) in [6.45, 7) is -0.625. The summed E-state index contributed by atoms with van der Waals surface area (Å²) in [6, 6.07) is 16.7. The second kappa shape index (κ2) is 10.7. The molecule has 7 nitrogen and oxygen atoms in total. The minimum Gasteiger partial charge on any atom is -0.452 e. The first-order valence-electron chi connectivity index (χ1n) is 11.7. The highest BCUT2D eigenvalue weighted by molar-refractivity contribution is 7.10. The highest BCUT2D eigenvalue weighted by Gasteiger charge is 2.26. The van der Waals surface area contributed by atoms with Crippen molar-refractivity contribution in [2.45, 2.75) is 19.3 Å². The lowest BCUT2D eigenvalue weighted by Crippen LogP contribution is -2.43. The Morgan fingerprint density at radius 2 is 1.81 bits per heavy atom. The summed E-state index contributed by atoms with van der Waals surface area (Å²) in [5.41, 5.74) is 7.72. The van der Waals surface area contributed by atoms with Crippen LogP contribution in [0.2, 0.25) is 0 Å². The molecule has 1 aliphatic rings. The van der Waals surface area contributed by atoms with Crippen LogP contribution in [0.25, 0.3) is 22.6 Å². The summed E-state index contributed by atoms with van der Waals surface area (Å²) < 4.78 is 19.1. The van der Waals surface area contributed by atoms with Crippen LogP contribution in [0.4, 0.5) is 4.39 Å². The maximum Gasteiger partial charge on any atom is 0.339 e. The molecular weight excluding hydrogens is 493 g/mol.